The third kappa shape index (κ3) is 3.50. The predicted octanol–water partition coefficient (Wildman–Crippen LogP) is 3.16. The van der Waals surface area contributed by atoms with Crippen molar-refractivity contribution >= 4 is 40.2 Å². The summed E-state index contributed by atoms with van der Waals surface area (Å²) in [6, 6.07) is 7.57. The van der Waals surface area contributed by atoms with Crippen molar-refractivity contribution in [1.29, 1.82) is 0 Å². The minimum atomic E-state index is -0.582. The van der Waals surface area contributed by atoms with Crippen molar-refractivity contribution in [2.75, 3.05) is 12.8 Å². The first-order valence-electron chi connectivity index (χ1n) is 5.92. The van der Waals surface area contributed by atoms with E-state index in [9.17, 15) is 14.9 Å². The molecule has 8 heteroatoms. The Bertz CT molecular complexity index is 702. The number of amides is 1. The number of rotatable bonds is 4. The van der Waals surface area contributed by atoms with E-state index in [0.717, 1.165) is 4.88 Å². The highest BCUT2D eigenvalue weighted by Gasteiger charge is 2.17. The summed E-state index contributed by atoms with van der Waals surface area (Å²) in [5, 5.41) is 10.7. The summed E-state index contributed by atoms with van der Waals surface area (Å²) in [6.45, 7) is 0.410. The highest BCUT2D eigenvalue weighted by atomic mass is 35.5. The maximum atomic E-state index is 12.3. The first-order valence-corrected chi connectivity index (χ1v) is 7.11. The van der Waals surface area contributed by atoms with Crippen LogP contribution in [0.5, 0.6) is 0 Å². The minimum absolute atomic E-state index is 0.0292. The van der Waals surface area contributed by atoms with Crippen LogP contribution < -0.4 is 5.73 Å². The normalized spacial score (nSPS) is 10.4. The molecule has 1 amide bonds. The molecule has 0 atom stereocenters. The van der Waals surface area contributed by atoms with Crippen molar-refractivity contribution in [3.8, 4) is 0 Å². The first-order chi connectivity index (χ1) is 9.88. The van der Waals surface area contributed by atoms with Gasteiger partial charge in [-0.1, -0.05) is 11.6 Å². The smallest absolute Gasteiger partial charge is 0.292 e. The Morgan fingerprint density at radius 1 is 1.43 bits per heavy atom. The molecule has 0 aliphatic carbocycles. The molecule has 0 aliphatic rings. The number of nitrogens with zero attached hydrogens (tertiary/aromatic N) is 2. The quantitative estimate of drug-likeness (QED) is 0.531. The summed E-state index contributed by atoms with van der Waals surface area (Å²) in [5.74, 6) is -0.263. The average Bonchev–Trinajstić information content (AvgIpc) is 2.82. The zero-order valence-electron chi connectivity index (χ0n) is 11.1. The van der Waals surface area contributed by atoms with Crippen molar-refractivity contribution in [2.24, 2.45) is 0 Å². The van der Waals surface area contributed by atoms with Gasteiger partial charge in [0.2, 0.25) is 0 Å². The lowest BCUT2D eigenvalue weighted by molar-refractivity contribution is -0.383. The zero-order valence-corrected chi connectivity index (χ0v) is 12.6. The molecule has 0 aliphatic heterocycles. The lowest BCUT2D eigenvalue weighted by atomic mass is 10.1. The topological polar surface area (TPSA) is 89.5 Å². The number of carbonyl (C=O) groups excluding carboxylic acids is 1. The van der Waals surface area contributed by atoms with Crippen molar-refractivity contribution in [3.05, 3.63) is 55.2 Å². The molecule has 2 aromatic rings. The maximum Gasteiger partial charge on any atom is 0.292 e. The number of halogens is 1. The van der Waals surface area contributed by atoms with E-state index in [0.29, 0.717) is 16.4 Å². The Labute approximate surface area is 129 Å². The summed E-state index contributed by atoms with van der Waals surface area (Å²) >= 11 is 7.24. The van der Waals surface area contributed by atoms with E-state index in [-0.39, 0.29) is 17.3 Å². The number of carbonyl (C=O) groups is 1. The Balaban J connectivity index is 2.15. The predicted molar refractivity (Wildman–Crippen MR) is 82.6 cm³/mol. The lowest BCUT2D eigenvalue weighted by Crippen LogP contribution is -2.25. The van der Waals surface area contributed by atoms with Gasteiger partial charge in [0.25, 0.3) is 11.6 Å². The fourth-order valence-corrected chi connectivity index (χ4v) is 2.96. The molecule has 1 aromatic heterocycles. The van der Waals surface area contributed by atoms with Crippen LogP contribution in [0.15, 0.2) is 30.3 Å². The minimum Gasteiger partial charge on any atom is -0.393 e. The van der Waals surface area contributed by atoms with Crippen LogP contribution in [0.1, 0.15) is 15.2 Å². The summed E-state index contributed by atoms with van der Waals surface area (Å²) in [6.07, 6.45) is 0. The monoisotopic (exact) mass is 325 g/mol. The third-order valence-corrected chi connectivity index (χ3v) is 4.06. The van der Waals surface area contributed by atoms with Crippen LogP contribution in [0.4, 0.5) is 11.4 Å². The summed E-state index contributed by atoms with van der Waals surface area (Å²) in [4.78, 5) is 24.8. The summed E-state index contributed by atoms with van der Waals surface area (Å²) in [5.41, 5.74) is 5.66. The van der Waals surface area contributed by atoms with Gasteiger partial charge >= 0.3 is 0 Å². The second-order valence-corrected chi connectivity index (χ2v) is 6.20. The fourth-order valence-electron chi connectivity index (χ4n) is 1.82. The van der Waals surface area contributed by atoms with Crippen molar-refractivity contribution in [1.82, 2.24) is 4.90 Å². The molecule has 0 saturated carbocycles. The van der Waals surface area contributed by atoms with E-state index >= 15 is 0 Å². The van der Waals surface area contributed by atoms with Gasteiger partial charge in [0.1, 0.15) is 5.69 Å². The number of hydrogen-bond acceptors (Lipinski definition) is 5. The third-order valence-electron chi connectivity index (χ3n) is 2.84. The van der Waals surface area contributed by atoms with Gasteiger partial charge in [0, 0.05) is 23.6 Å². The number of anilines is 1. The van der Waals surface area contributed by atoms with Crippen molar-refractivity contribution in [2.45, 2.75) is 6.54 Å². The van der Waals surface area contributed by atoms with Gasteiger partial charge in [-0.15, -0.1) is 11.3 Å². The molecule has 2 rings (SSSR count). The van der Waals surface area contributed by atoms with E-state index in [1.165, 1.54) is 34.4 Å². The molecule has 0 unspecified atom stereocenters. The van der Waals surface area contributed by atoms with E-state index < -0.39 is 4.92 Å². The molecule has 0 fully saturated rings. The van der Waals surface area contributed by atoms with Gasteiger partial charge in [0.05, 0.1) is 15.8 Å². The number of nitrogen functional groups attached to an aromatic ring is 1. The summed E-state index contributed by atoms with van der Waals surface area (Å²) in [7, 11) is 1.65. The Morgan fingerprint density at radius 3 is 2.67 bits per heavy atom. The fraction of sp³-hybridized carbons (Fsp3) is 0.154. The highest BCUT2D eigenvalue weighted by Crippen LogP contribution is 2.25. The van der Waals surface area contributed by atoms with Gasteiger partial charge in [-0.3, -0.25) is 14.9 Å². The van der Waals surface area contributed by atoms with Gasteiger partial charge < -0.3 is 10.6 Å². The number of benzene rings is 1. The molecule has 0 spiro atoms. The van der Waals surface area contributed by atoms with E-state index in [4.69, 9.17) is 17.3 Å². The van der Waals surface area contributed by atoms with Crippen LogP contribution in [0.25, 0.3) is 0 Å². The maximum absolute atomic E-state index is 12.3. The molecular formula is C13H12ClN3O3S. The number of hydrogen-bond donors (Lipinski definition) is 1. The molecule has 110 valence electrons. The van der Waals surface area contributed by atoms with Crippen LogP contribution in [0, 0.1) is 10.1 Å². The summed E-state index contributed by atoms with van der Waals surface area (Å²) < 4.78 is 0.658. The Hall–Kier alpha value is -2.12. The van der Waals surface area contributed by atoms with Gasteiger partial charge in [-0.2, -0.15) is 0 Å². The van der Waals surface area contributed by atoms with Gasteiger partial charge in [-0.25, -0.2) is 0 Å². The largest absolute Gasteiger partial charge is 0.393 e. The van der Waals surface area contributed by atoms with Crippen LogP contribution in [0.3, 0.4) is 0 Å². The Morgan fingerprint density at radius 2 is 2.14 bits per heavy atom. The van der Waals surface area contributed by atoms with Crippen LogP contribution >= 0.6 is 22.9 Å². The molecule has 21 heavy (non-hydrogen) atoms. The number of nitro groups is 1. The lowest BCUT2D eigenvalue weighted by Gasteiger charge is -2.16. The first kappa shape index (κ1) is 15.3. The van der Waals surface area contributed by atoms with Gasteiger partial charge in [-0.05, 0) is 24.3 Å². The Kier molecular flexibility index (Phi) is 4.44. The van der Waals surface area contributed by atoms with E-state index in [1.807, 2.05) is 6.07 Å². The molecule has 0 bridgehead atoms. The zero-order chi connectivity index (χ0) is 15.6. The molecule has 1 heterocycles. The molecule has 0 saturated heterocycles. The molecule has 2 N–H and O–H groups in total. The van der Waals surface area contributed by atoms with E-state index in [1.54, 1.807) is 13.1 Å². The average molecular weight is 326 g/mol. The van der Waals surface area contributed by atoms with Crippen molar-refractivity contribution < 1.29 is 9.72 Å². The van der Waals surface area contributed by atoms with Crippen LogP contribution in [0.2, 0.25) is 4.34 Å². The number of nitrogens with two attached hydrogens (primary N) is 1. The standard InChI is InChI=1S/C13H12ClN3O3S/c1-16(7-9-3-5-12(14)21-9)13(18)8-2-4-11(17(19)20)10(15)6-8/h2-6H,7,15H2,1H3. The second-order valence-electron chi connectivity index (χ2n) is 4.40. The SMILES string of the molecule is CN(Cc1ccc(Cl)s1)C(=O)c1ccc([N+](=O)[O-])c(N)c1. The van der Waals surface area contributed by atoms with E-state index in [2.05, 4.69) is 0 Å². The molecular weight excluding hydrogens is 314 g/mol. The highest BCUT2D eigenvalue weighted by molar-refractivity contribution is 7.16. The van der Waals surface area contributed by atoms with Crippen LogP contribution in [-0.4, -0.2) is 22.8 Å². The molecule has 1 aromatic carbocycles. The number of nitro benzene ring substituents is 1. The van der Waals surface area contributed by atoms with Crippen LogP contribution in [-0.2, 0) is 6.54 Å². The van der Waals surface area contributed by atoms with Crippen molar-refractivity contribution in [3.63, 3.8) is 0 Å². The molecule has 6 nitrogen and oxygen atoms in total. The second kappa shape index (κ2) is 6.11. The van der Waals surface area contributed by atoms with Gasteiger partial charge in [0.15, 0.2) is 0 Å². The number of thiophene rings is 1. The molecule has 0 radical (unpaired) electrons.